The quantitative estimate of drug-likeness (QED) is 0.709. The van der Waals surface area contributed by atoms with Gasteiger partial charge in [0.05, 0.1) is 25.3 Å². The zero-order valence-electron chi connectivity index (χ0n) is 17.3. The molecule has 164 valence electrons. The topological polar surface area (TPSA) is 91.8 Å². The molecule has 3 amide bonds. The second-order valence-corrected chi connectivity index (χ2v) is 9.25. The van der Waals surface area contributed by atoms with Gasteiger partial charge in [-0.15, -0.1) is 11.3 Å². The lowest BCUT2D eigenvalue weighted by atomic mass is 9.88. The van der Waals surface area contributed by atoms with Gasteiger partial charge in [0.1, 0.15) is 6.54 Å². The van der Waals surface area contributed by atoms with Gasteiger partial charge in [0.25, 0.3) is 0 Å². The maximum Gasteiger partial charge on any atom is 0.245 e. The first-order valence-corrected chi connectivity index (χ1v) is 11.9. The number of aromatic nitrogens is 1. The Morgan fingerprint density at radius 1 is 1.13 bits per heavy atom. The van der Waals surface area contributed by atoms with Gasteiger partial charge in [-0.25, -0.2) is 4.98 Å². The lowest BCUT2D eigenvalue weighted by Crippen LogP contribution is -2.43. The van der Waals surface area contributed by atoms with Crippen LogP contribution in [-0.4, -0.2) is 71.4 Å². The molecule has 4 rings (SSSR count). The highest BCUT2D eigenvalue weighted by atomic mass is 32.1. The van der Waals surface area contributed by atoms with Crippen molar-refractivity contribution in [3.63, 3.8) is 0 Å². The predicted octanol–water partition coefficient (Wildman–Crippen LogP) is 2.05. The molecule has 0 aromatic carbocycles. The molecule has 1 N–H and O–H groups in total. The third-order valence-electron chi connectivity index (χ3n) is 6.03. The van der Waals surface area contributed by atoms with Crippen molar-refractivity contribution < 1.29 is 19.1 Å². The summed E-state index contributed by atoms with van der Waals surface area (Å²) in [6, 6.07) is 0.211. The maximum atomic E-state index is 12.9. The van der Waals surface area contributed by atoms with Crippen molar-refractivity contribution in [2.24, 2.45) is 5.92 Å². The number of thiazole rings is 1. The average molecular weight is 435 g/mol. The summed E-state index contributed by atoms with van der Waals surface area (Å²) < 4.78 is 5.27. The lowest BCUT2D eigenvalue weighted by molar-refractivity contribution is -0.139. The van der Waals surface area contributed by atoms with Gasteiger partial charge >= 0.3 is 0 Å². The first kappa shape index (κ1) is 21.2. The molecule has 3 aliphatic rings. The van der Waals surface area contributed by atoms with Crippen LogP contribution in [0.1, 0.15) is 50.6 Å². The number of rotatable bonds is 7. The molecule has 8 nitrogen and oxygen atoms in total. The van der Waals surface area contributed by atoms with E-state index in [4.69, 9.17) is 4.74 Å². The average Bonchev–Trinajstić information content (AvgIpc) is 3.53. The van der Waals surface area contributed by atoms with Crippen LogP contribution in [0.2, 0.25) is 0 Å². The molecule has 2 aliphatic carbocycles. The fourth-order valence-corrected chi connectivity index (χ4v) is 4.92. The zero-order chi connectivity index (χ0) is 20.9. The Morgan fingerprint density at radius 2 is 1.87 bits per heavy atom. The molecule has 0 atom stereocenters. The first-order chi connectivity index (χ1) is 14.6. The molecule has 1 saturated heterocycles. The van der Waals surface area contributed by atoms with E-state index in [1.807, 2.05) is 0 Å². The van der Waals surface area contributed by atoms with Crippen molar-refractivity contribution in [2.75, 3.05) is 38.2 Å². The van der Waals surface area contributed by atoms with Gasteiger partial charge < -0.3 is 19.9 Å². The van der Waals surface area contributed by atoms with Crippen molar-refractivity contribution >= 4 is 34.2 Å². The van der Waals surface area contributed by atoms with Crippen LogP contribution in [-0.2, 0) is 25.5 Å². The van der Waals surface area contributed by atoms with E-state index in [1.54, 1.807) is 15.2 Å². The van der Waals surface area contributed by atoms with Gasteiger partial charge in [-0.2, -0.15) is 0 Å². The molecule has 0 bridgehead atoms. The Labute approximate surface area is 181 Å². The number of nitrogens with one attached hydrogen (secondary N) is 1. The van der Waals surface area contributed by atoms with E-state index in [1.165, 1.54) is 17.8 Å². The Bertz CT molecular complexity index is 767. The summed E-state index contributed by atoms with van der Waals surface area (Å²) in [4.78, 5) is 45.8. The Hall–Kier alpha value is -2.00. The zero-order valence-corrected chi connectivity index (χ0v) is 18.1. The lowest BCUT2D eigenvalue weighted by Gasteiger charge is -2.28. The van der Waals surface area contributed by atoms with Gasteiger partial charge in [0, 0.05) is 30.4 Å². The normalized spacial score (nSPS) is 20.1. The minimum Gasteiger partial charge on any atom is -0.378 e. The van der Waals surface area contributed by atoms with Crippen LogP contribution in [0.25, 0.3) is 0 Å². The number of amides is 3. The molecule has 1 aromatic heterocycles. The van der Waals surface area contributed by atoms with Gasteiger partial charge in [-0.05, 0) is 25.7 Å². The molecule has 2 saturated carbocycles. The number of nitrogens with zero attached hydrogens (tertiary/aromatic N) is 3. The Morgan fingerprint density at radius 3 is 2.57 bits per heavy atom. The van der Waals surface area contributed by atoms with Gasteiger partial charge in [-0.1, -0.05) is 19.3 Å². The third-order valence-corrected chi connectivity index (χ3v) is 6.84. The van der Waals surface area contributed by atoms with Crippen LogP contribution in [0.3, 0.4) is 0 Å². The summed E-state index contributed by atoms with van der Waals surface area (Å²) in [5.41, 5.74) is 0.657. The monoisotopic (exact) mass is 434 g/mol. The summed E-state index contributed by atoms with van der Waals surface area (Å²) >= 11 is 1.31. The number of carbonyl (C=O) groups excluding carboxylic acids is 3. The maximum absolute atomic E-state index is 12.9. The van der Waals surface area contributed by atoms with E-state index in [-0.39, 0.29) is 42.6 Å². The van der Waals surface area contributed by atoms with E-state index in [0.717, 1.165) is 38.5 Å². The molecule has 3 fully saturated rings. The summed E-state index contributed by atoms with van der Waals surface area (Å²) in [5.74, 6) is 0.0269. The predicted molar refractivity (Wildman–Crippen MR) is 113 cm³/mol. The highest BCUT2D eigenvalue weighted by molar-refractivity contribution is 7.13. The van der Waals surface area contributed by atoms with E-state index in [2.05, 4.69) is 10.3 Å². The van der Waals surface area contributed by atoms with Crippen LogP contribution in [0.4, 0.5) is 5.13 Å². The minimum atomic E-state index is -0.216. The molecule has 1 aliphatic heterocycles. The van der Waals surface area contributed by atoms with Crippen molar-refractivity contribution in [1.82, 2.24) is 14.8 Å². The van der Waals surface area contributed by atoms with Gasteiger partial charge in [-0.3, -0.25) is 14.4 Å². The van der Waals surface area contributed by atoms with Crippen molar-refractivity contribution in [3.8, 4) is 0 Å². The molecular formula is C21H30N4O4S. The molecule has 0 unspecified atom stereocenters. The Kier molecular flexibility index (Phi) is 6.99. The largest absolute Gasteiger partial charge is 0.378 e. The van der Waals surface area contributed by atoms with E-state index >= 15 is 0 Å². The molecule has 9 heteroatoms. The highest BCUT2D eigenvalue weighted by Crippen LogP contribution is 2.32. The molecule has 1 aromatic rings. The number of carbonyl (C=O) groups is 3. The van der Waals surface area contributed by atoms with Crippen LogP contribution in [0.5, 0.6) is 0 Å². The van der Waals surface area contributed by atoms with E-state index in [0.29, 0.717) is 37.1 Å². The molecule has 2 heterocycles. The number of hydrogen-bond donors (Lipinski definition) is 1. The minimum absolute atomic E-state index is 0.0273. The number of hydrogen-bond acceptors (Lipinski definition) is 6. The Balaban J connectivity index is 1.29. The van der Waals surface area contributed by atoms with Crippen LogP contribution < -0.4 is 5.32 Å². The SMILES string of the molecule is O=C(CN(C(=O)C1CCCCC1)C1CC1)Nc1nc(CC(=O)N2CCOCC2)cs1. The fraction of sp³-hybridized carbons (Fsp3) is 0.714. The van der Waals surface area contributed by atoms with E-state index < -0.39 is 0 Å². The van der Waals surface area contributed by atoms with E-state index in [9.17, 15) is 14.4 Å². The second-order valence-electron chi connectivity index (χ2n) is 8.39. The number of ether oxygens (including phenoxy) is 1. The molecule has 0 radical (unpaired) electrons. The van der Waals surface area contributed by atoms with Gasteiger partial charge in [0.2, 0.25) is 17.7 Å². The highest BCUT2D eigenvalue weighted by Gasteiger charge is 2.37. The number of anilines is 1. The molecular weight excluding hydrogens is 404 g/mol. The van der Waals surface area contributed by atoms with Crippen LogP contribution >= 0.6 is 11.3 Å². The summed E-state index contributed by atoms with van der Waals surface area (Å²) in [6.07, 6.45) is 7.48. The van der Waals surface area contributed by atoms with Crippen molar-refractivity contribution in [3.05, 3.63) is 11.1 Å². The number of morpholine rings is 1. The second kappa shape index (κ2) is 9.87. The standard InChI is InChI=1S/C21H30N4O4S/c26-18(13-25(17-6-7-17)20(28)15-4-2-1-3-5-15)23-21-22-16(14-30-21)12-19(27)24-8-10-29-11-9-24/h14-15,17H,1-13H2,(H,22,23,26). The van der Waals surface area contributed by atoms with Crippen molar-refractivity contribution in [1.29, 1.82) is 0 Å². The smallest absolute Gasteiger partial charge is 0.245 e. The van der Waals surface area contributed by atoms with Crippen LogP contribution in [0, 0.1) is 5.92 Å². The summed E-state index contributed by atoms with van der Waals surface area (Å²) in [7, 11) is 0. The summed E-state index contributed by atoms with van der Waals surface area (Å²) in [5, 5.41) is 5.10. The molecule has 0 spiro atoms. The van der Waals surface area contributed by atoms with Gasteiger partial charge in [0.15, 0.2) is 5.13 Å². The fourth-order valence-electron chi connectivity index (χ4n) is 4.20. The third kappa shape index (κ3) is 5.57. The van der Waals surface area contributed by atoms with Crippen LogP contribution in [0.15, 0.2) is 5.38 Å². The van der Waals surface area contributed by atoms with Crippen molar-refractivity contribution in [2.45, 2.75) is 57.4 Å². The molecule has 30 heavy (non-hydrogen) atoms. The summed E-state index contributed by atoms with van der Waals surface area (Å²) in [6.45, 7) is 2.45. The first-order valence-electron chi connectivity index (χ1n) is 11.0.